The van der Waals surface area contributed by atoms with Crippen LogP contribution in [0.5, 0.6) is 0 Å². The van der Waals surface area contributed by atoms with Crippen LogP contribution in [0.25, 0.3) is 11.1 Å². The van der Waals surface area contributed by atoms with Crippen LogP contribution in [0.1, 0.15) is 61.4 Å². The zero-order chi connectivity index (χ0) is 25.6. The van der Waals surface area contributed by atoms with Crippen LogP contribution < -0.4 is 15.5 Å². The van der Waals surface area contributed by atoms with Crippen molar-refractivity contribution in [3.8, 4) is 17.2 Å². The van der Waals surface area contributed by atoms with Crippen LogP contribution in [0.15, 0.2) is 66.9 Å². The van der Waals surface area contributed by atoms with Crippen LogP contribution in [0.3, 0.4) is 0 Å². The summed E-state index contributed by atoms with van der Waals surface area (Å²) in [5.74, 6) is 0.929. The van der Waals surface area contributed by atoms with E-state index in [1.54, 1.807) is 6.92 Å². The summed E-state index contributed by atoms with van der Waals surface area (Å²) in [5, 5.41) is 16.8. The number of nitriles is 1. The number of pyridine rings is 1. The van der Waals surface area contributed by atoms with Crippen molar-refractivity contribution in [2.24, 2.45) is 0 Å². The number of anilines is 2. The van der Waals surface area contributed by atoms with Crippen molar-refractivity contribution in [2.45, 2.75) is 63.6 Å². The second kappa shape index (κ2) is 11.6. The number of carbonyl (C=O) groups is 1. The van der Waals surface area contributed by atoms with Gasteiger partial charge in [-0.25, -0.2) is 4.98 Å². The van der Waals surface area contributed by atoms with Gasteiger partial charge in [0.25, 0.3) is 0 Å². The second-order valence-electron chi connectivity index (χ2n) is 10.3. The molecule has 1 aliphatic heterocycles. The zero-order valence-electron chi connectivity index (χ0n) is 21.5. The first-order valence-corrected chi connectivity index (χ1v) is 13.4. The Kier molecular flexibility index (Phi) is 7.82. The Morgan fingerprint density at radius 2 is 1.78 bits per heavy atom. The molecule has 0 spiro atoms. The molecule has 0 unspecified atom stereocenters. The molecule has 2 heterocycles. The molecule has 2 fully saturated rings. The summed E-state index contributed by atoms with van der Waals surface area (Å²) in [5.41, 5.74) is 4.59. The SMILES string of the molecule is CC(=O)c1ccccc1-c1ccnc(N[C@@H]2CCCC[C@H]2N[C@H]2CCCN(c3ccc(C#N)cc3)C2)c1. The summed E-state index contributed by atoms with van der Waals surface area (Å²) >= 11 is 0. The molecule has 5 rings (SSSR count). The highest BCUT2D eigenvalue weighted by atomic mass is 16.1. The molecule has 1 aliphatic carbocycles. The predicted octanol–water partition coefficient (Wildman–Crippen LogP) is 5.80. The highest BCUT2D eigenvalue weighted by Crippen LogP contribution is 2.28. The van der Waals surface area contributed by atoms with E-state index in [2.05, 4.69) is 44.8 Å². The molecule has 3 aromatic rings. The minimum atomic E-state index is 0.0704. The summed E-state index contributed by atoms with van der Waals surface area (Å²) in [4.78, 5) is 19.2. The van der Waals surface area contributed by atoms with Crippen molar-refractivity contribution in [2.75, 3.05) is 23.3 Å². The second-order valence-corrected chi connectivity index (χ2v) is 10.3. The standard InChI is InChI=1S/C31H35N5O/c1-22(37)27-8-2-3-9-28(27)24-16-17-33-31(19-24)35-30-11-5-4-10-29(30)34-25-7-6-18-36(21-25)26-14-12-23(20-32)13-15-26/h2-3,8-9,12-17,19,25,29-30,34H,4-7,10-11,18,21H2,1H3,(H,33,35)/t25-,29+,30+/m0/s1. The number of nitrogens with one attached hydrogen (secondary N) is 2. The minimum Gasteiger partial charge on any atom is -0.370 e. The van der Waals surface area contributed by atoms with Crippen molar-refractivity contribution < 1.29 is 4.79 Å². The predicted molar refractivity (Wildman–Crippen MR) is 149 cm³/mol. The van der Waals surface area contributed by atoms with Crippen molar-refractivity contribution in [1.82, 2.24) is 10.3 Å². The first kappa shape index (κ1) is 25.0. The maximum atomic E-state index is 12.2. The molecule has 2 N–H and O–H groups in total. The monoisotopic (exact) mass is 493 g/mol. The van der Waals surface area contributed by atoms with E-state index >= 15 is 0 Å². The number of hydrogen-bond acceptors (Lipinski definition) is 6. The number of rotatable bonds is 7. The first-order chi connectivity index (χ1) is 18.1. The van der Waals surface area contributed by atoms with E-state index in [4.69, 9.17) is 5.26 Å². The molecule has 0 bridgehead atoms. The van der Waals surface area contributed by atoms with Gasteiger partial charge in [0.2, 0.25) is 0 Å². The molecule has 0 radical (unpaired) electrons. The van der Waals surface area contributed by atoms with Crippen molar-refractivity contribution >= 4 is 17.3 Å². The van der Waals surface area contributed by atoms with Gasteiger partial charge < -0.3 is 15.5 Å². The van der Waals surface area contributed by atoms with Crippen molar-refractivity contribution in [3.63, 3.8) is 0 Å². The summed E-state index contributed by atoms with van der Waals surface area (Å²) in [7, 11) is 0. The zero-order valence-corrected chi connectivity index (χ0v) is 21.5. The van der Waals surface area contributed by atoms with Gasteiger partial charge in [0, 0.05) is 48.7 Å². The van der Waals surface area contributed by atoms with E-state index in [0.717, 1.165) is 54.9 Å². The highest BCUT2D eigenvalue weighted by molar-refractivity contribution is 6.00. The number of nitrogens with zero attached hydrogens (tertiary/aromatic N) is 3. The normalized spacial score (nSPS) is 21.7. The molecule has 6 heteroatoms. The van der Waals surface area contributed by atoms with E-state index in [1.165, 1.54) is 24.9 Å². The maximum Gasteiger partial charge on any atom is 0.160 e. The summed E-state index contributed by atoms with van der Waals surface area (Å²) < 4.78 is 0. The fourth-order valence-electron chi connectivity index (χ4n) is 5.81. The summed E-state index contributed by atoms with van der Waals surface area (Å²) in [6.07, 6.45) is 8.87. The summed E-state index contributed by atoms with van der Waals surface area (Å²) in [6.45, 7) is 3.64. The number of ketones is 1. The number of hydrogen-bond donors (Lipinski definition) is 2. The Morgan fingerprint density at radius 3 is 2.57 bits per heavy atom. The van der Waals surface area contributed by atoms with Crippen LogP contribution in [0, 0.1) is 11.3 Å². The van der Waals surface area contributed by atoms with Gasteiger partial charge >= 0.3 is 0 Å². The highest BCUT2D eigenvalue weighted by Gasteiger charge is 2.29. The topological polar surface area (TPSA) is 81.1 Å². The molecule has 1 saturated carbocycles. The largest absolute Gasteiger partial charge is 0.370 e. The van der Waals surface area contributed by atoms with Crippen LogP contribution in [0.4, 0.5) is 11.5 Å². The van der Waals surface area contributed by atoms with Gasteiger partial charge in [-0.05, 0) is 80.1 Å². The van der Waals surface area contributed by atoms with Crippen molar-refractivity contribution in [3.05, 3.63) is 78.0 Å². The molecule has 0 amide bonds. The molecule has 190 valence electrons. The molecule has 6 nitrogen and oxygen atoms in total. The Hall–Kier alpha value is -3.69. The van der Waals surface area contributed by atoms with Gasteiger partial charge in [-0.15, -0.1) is 0 Å². The number of piperidine rings is 1. The third-order valence-electron chi connectivity index (χ3n) is 7.71. The fourth-order valence-corrected chi connectivity index (χ4v) is 5.81. The van der Waals surface area contributed by atoms with E-state index in [-0.39, 0.29) is 5.78 Å². The Bertz CT molecular complexity index is 1270. The van der Waals surface area contributed by atoms with Crippen LogP contribution in [-0.2, 0) is 0 Å². The molecule has 37 heavy (non-hydrogen) atoms. The van der Waals surface area contributed by atoms with Gasteiger partial charge in [0.1, 0.15) is 5.82 Å². The molecular formula is C31H35N5O. The van der Waals surface area contributed by atoms with Crippen LogP contribution in [0.2, 0.25) is 0 Å². The maximum absolute atomic E-state index is 12.2. The average molecular weight is 494 g/mol. The lowest BCUT2D eigenvalue weighted by Crippen LogP contribution is -2.54. The molecular weight excluding hydrogens is 458 g/mol. The fraction of sp³-hybridized carbons (Fsp3) is 0.387. The number of benzene rings is 2. The Morgan fingerprint density at radius 1 is 1.00 bits per heavy atom. The van der Waals surface area contributed by atoms with E-state index in [0.29, 0.717) is 23.7 Å². The van der Waals surface area contributed by atoms with E-state index < -0.39 is 0 Å². The number of carbonyl (C=O) groups excluding carboxylic acids is 1. The van der Waals surface area contributed by atoms with Gasteiger partial charge in [-0.3, -0.25) is 4.79 Å². The molecule has 2 aromatic carbocycles. The van der Waals surface area contributed by atoms with E-state index in [1.807, 2.05) is 48.7 Å². The lowest BCUT2D eigenvalue weighted by Gasteiger charge is -2.40. The van der Waals surface area contributed by atoms with E-state index in [9.17, 15) is 4.79 Å². The third-order valence-corrected chi connectivity index (χ3v) is 7.71. The Balaban J connectivity index is 1.27. The summed E-state index contributed by atoms with van der Waals surface area (Å²) in [6, 6.07) is 23.1. The molecule has 1 saturated heterocycles. The molecule has 3 atom stereocenters. The minimum absolute atomic E-state index is 0.0704. The smallest absolute Gasteiger partial charge is 0.160 e. The quantitative estimate of drug-likeness (QED) is 0.405. The first-order valence-electron chi connectivity index (χ1n) is 13.4. The van der Waals surface area contributed by atoms with Gasteiger partial charge in [-0.2, -0.15) is 5.26 Å². The number of aromatic nitrogens is 1. The molecule has 2 aliphatic rings. The van der Waals surface area contributed by atoms with Crippen molar-refractivity contribution in [1.29, 1.82) is 5.26 Å². The van der Waals surface area contributed by atoms with Gasteiger partial charge in [0.05, 0.1) is 11.6 Å². The number of Topliss-reactive ketones (excluding diaryl/α,β-unsaturated/α-hetero) is 1. The average Bonchev–Trinajstić information content (AvgIpc) is 2.94. The lowest BCUT2D eigenvalue weighted by molar-refractivity contribution is 0.101. The Labute approximate surface area is 219 Å². The van der Waals surface area contributed by atoms with Gasteiger partial charge in [-0.1, -0.05) is 37.1 Å². The molecule has 1 aromatic heterocycles. The van der Waals surface area contributed by atoms with Crippen LogP contribution in [-0.4, -0.2) is 42.0 Å². The third kappa shape index (κ3) is 6.00. The van der Waals surface area contributed by atoms with Crippen LogP contribution >= 0.6 is 0 Å². The van der Waals surface area contributed by atoms with Gasteiger partial charge in [0.15, 0.2) is 5.78 Å². The lowest BCUT2D eigenvalue weighted by atomic mass is 9.89.